The van der Waals surface area contributed by atoms with Gasteiger partial charge in [-0.1, -0.05) is 12.1 Å². The fourth-order valence-electron chi connectivity index (χ4n) is 2.33. The van der Waals surface area contributed by atoms with Gasteiger partial charge in [0.05, 0.1) is 6.61 Å². The lowest BCUT2D eigenvalue weighted by molar-refractivity contribution is 0.0494. The third-order valence-corrected chi connectivity index (χ3v) is 3.48. The molecule has 5 nitrogen and oxygen atoms in total. The highest BCUT2D eigenvalue weighted by atomic mass is 19.2. The van der Waals surface area contributed by atoms with Gasteiger partial charge in [-0.05, 0) is 37.3 Å². The number of carbonyl (C=O) groups is 2. The molecular weight excluding hydrogens is 332 g/mol. The minimum atomic E-state index is -1.14. The fourth-order valence-corrected chi connectivity index (χ4v) is 2.33. The molecule has 0 bridgehead atoms. The quantitative estimate of drug-likeness (QED) is 0.722. The molecule has 0 unspecified atom stereocenters. The summed E-state index contributed by atoms with van der Waals surface area (Å²) in [5, 5.41) is 3.00. The van der Waals surface area contributed by atoms with Crippen molar-refractivity contribution in [2.45, 2.75) is 6.92 Å². The molecular formula is C18H13F2NO4. The van der Waals surface area contributed by atoms with Crippen molar-refractivity contribution in [1.29, 1.82) is 0 Å². The molecule has 0 aliphatic rings. The molecule has 0 aliphatic heterocycles. The molecule has 0 saturated carbocycles. The van der Waals surface area contributed by atoms with Crippen molar-refractivity contribution in [3.05, 3.63) is 65.4 Å². The number of para-hydroxylation sites is 1. The molecule has 0 radical (unpaired) electrons. The second-order valence-electron chi connectivity index (χ2n) is 5.11. The van der Waals surface area contributed by atoms with E-state index in [9.17, 15) is 18.4 Å². The number of hydrogen-bond acceptors (Lipinski definition) is 4. The summed E-state index contributed by atoms with van der Waals surface area (Å²) in [6.07, 6.45) is 0. The van der Waals surface area contributed by atoms with Crippen molar-refractivity contribution >= 4 is 28.5 Å². The standard InChI is InChI=1S/C18H13F2NO4/c1-2-24-18(23)16-15(11-5-3-4-6-14(11)25-16)21-17(22)10-7-8-12(19)13(20)9-10/h3-9H,2H2,1H3,(H,21,22). The summed E-state index contributed by atoms with van der Waals surface area (Å²) in [5.41, 5.74) is 0.397. The van der Waals surface area contributed by atoms with Gasteiger partial charge in [-0.2, -0.15) is 0 Å². The summed E-state index contributed by atoms with van der Waals surface area (Å²) in [4.78, 5) is 24.4. The summed E-state index contributed by atoms with van der Waals surface area (Å²) < 4.78 is 36.7. The highest BCUT2D eigenvalue weighted by molar-refractivity contribution is 6.13. The van der Waals surface area contributed by atoms with Crippen molar-refractivity contribution < 1.29 is 27.5 Å². The maximum absolute atomic E-state index is 13.3. The van der Waals surface area contributed by atoms with E-state index in [0.717, 1.165) is 18.2 Å². The van der Waals surface area contributed by atoms with Gasteiger partial charge in [-0.15, -0.1) is 0 Å². The molecule has 25 heavy (non-hydrogen) atoms. The average molecular weight is 345 g/mol. The third kappa shape index (κ3) is 3.21. The Balaban J connectivity index is 2.01. The van der Waals surface area contributed by atoms with Gasteiger partial charge < -0.3 is 14.5 Å². The van der Waals surface area contributed by atoms with Crippen LogP contribution in [-0.4, -0.2) is 18.5 Å². The first-order valence-corrected chi connectivity index (χ1v) is 7.46. The predicted octanol–water partition coefficient (Wildman–Crippen LogP) is 4.14. The number of hydrogen-bond donors (Lipinski definition) is 1. The Kier molecular flexibility index (Phi) is 4.47. The summed E-state index contributed by atoms with van der Waals surface area (Å²) in [6, 6.07) is 9.47. The number of ether oxygens (including phenoxy) is 1. The zero-order valence-corrected chi connectivity index (χ0v) is 13.1. The lowest BCUT2D eigenvalue weighted by Crippen LogP contribution is -2.15. The molecule has 3 rings (SSSR count). The number of amides is 1. The van der Waals surface area contributed by atoms with Gasteiger partial charge in [0.15, 0.2) is 11.6 Å². The van der Waals surface area contributed by atoms with Gasteiger partial charge in [0.2, 0.25) is 5.76 Å². The van der Waals surface area contributed by atoms with Crippen LogP contribution in [0.3, 0.4) is 0 Å². The molecule has 1 heterocycles. The van der Waals surface area contributed by atoms with Gasteiger partial charge >= 0.3 is 5.97 Å². The van der Waals surface area contributed by atoms with E-state index in [1.54, 1.807) is 31.2 Å². The van der Waals surface area contributed by atoms with Gasteiger partial charge in [-0.25, -0.2) is 13.6 Å². The number of benzene rings is 2. The van der Waals surface area contributed by atoms with Crippen LogP contribution >= 0.6 is 0 Å². The minimum Gasteiger partial charge on any atom is -0.460 e. The van der Waals surface area contributed by atoms with Crippen LogP contribution in [0.5, 0.6) is 0 Å². The molecule has 3 aromatic rings. The van der Waals surface area contributed by atoms with Crippen molar-refractivity contribution in [2.75, 3.05) is 11.9 Å². The Bertz CT molecular complexity index is 965. The lowest BCUT2D eigenvalue weighted by Gasteiger charge is -2.06. The van der Waals surface area contributed by atoms with Gasteiger partial charge in [0.25, 0.3) is 5.91 Å². The Morgan fingerprint density at radius 2 is 1.88 bits per heavy atom. The second-order valence-corrected chi connectivity index (χ2v) is 5.11. The summed E-state index contributed by atoms with van der Waals surface area (Å²) in [7, 11) is 0. The fraction of sp³-hybridized carbons (Fsp3) is 0.111. The second kappa shape index (κ2) is 6.72. The third-order valence-electron chi connectivity index (χ3n) is 3.48. The summed E-state index contributed by atoms with van der Waals surface area (Å²) >= 11 is 0. The van der Waals surface area contributed by atoms with Crippen LogP contribution in [0.1, 0.15) is 27.8 Å². The molecule has 1 amide bonds. The maximum Gasteiger partial charge on any atom is 0.376 e. The van der Waals surface area contributed by atoms with E-state index in [1.807, 2.05) is 0 Å². The number of esters is 1. The van der Waals surface area contributed by atoms with Crippen LogP contribution in [0, 0.1) is 11.6 Å². The van der Waals surface area contributed by atoms with Gasteiger partial charge in [-0.3, -0.25) is 4.79 Å². The molecule has 0 aliphatic carbocycles. The Hall–Kier alpha value is -3.22. The number of nitrogens with one attached hydrogen (secondary N) is 1. The Morgan fingerprint density at radius 1 is 1.12 bits per heavy atom. The topological polar surface area (TPSA) is 68.5 Å². The average Bonchev–Trinajstić information content (AvgIpc) is 2.96. The molecule has 128 valence electrons. The normalized spacial score (nSPS) is 10.7. The van der Waals surface area contributed by atoms with Gasteiger partial charge in [0, 0.05) is 10.9 Å². The predicted molar refractivity (Wildman–Crippen MR) is 86.5 cm³/mol. The molecule has 7 heteroatoms. The molecule has 0 fully saturated rings. The highest BCUT2D eigenvalue weighted by Crippen LogP contribution is 2.31. The minimum absolute atomic E-state index is 0.0982. The summed E-state index contributed by atoms with van der Waals surface area (Å²) in [5.74, 6) is -3.82. The van der Waals surface area contributed by atoms with Crippen LogP contribution in [0.2, 0.25) is 0 Å². The lowest BCUT2D eigenvalue weighted by atomic mass is 10.1. The van der Waals surface area contributed by atoms with E-state index in [4.69, 9.17) is 9.15 Å². The highest BCUT2D eigenvalue weighted by Gasteiger charge is 2.23. The first kappa shape index (κ1) is 16.6. The van der Waals surface area contributed by atoms with Crippen molar-refractivity contribution in [2.24, 2.45) is 0 Å². The number of anilines is 1. The Labute approximate surface area is 141 Å². The van der Waals surface area contributed by atoms with E-state index < -0.39 is 23.5 Å². The van der Waals surface area contributed by atoms with E-state index in [0.29, 0.717) is 11.0 Å². The number of rotatable bonds is 4. The zero-order chi connectivity index (χ0) is 18.0. The monoisotopic (exact) mass is 345 g/mol. The zero-order valence-electron chi connectivity index (χ0n) is 13.1. The largest absolute Gasteiger partial charge is 0.460 e. The van der Waals surface area contributed by atoms with E-state index in [1.165, 1.54) is 0 Å². The van der Waals surface area contributed by atoms with E-state index in [-0.39, 0.29) is 23.6 Å². The van der Waals surface area contributed by atoms with Crippen LogP contribution < -0.4 is 5.32 Å². The molecule has 2 aromatic carbocycles. The molecule has 0 atom stereocenters. The smallest absolute Gasteiger partial charge is 0.376 e. The van der Waals surface area contributed by atoms with E-state index >= 15 is 0 Å². The SMILES string of the molecule is CCOC(=O)c1oc2ccccc2c1NC(=O)c1ccc(F)c(F)c1. The number of halogens is 2. The first-order chi connectivity index (χ1) is 12.0. The van der Waals surface area contributed by atoms with Crippen molar-refractivity contribution in [1.82, 2.24) is 0 Å². The molecule has 0 spiro atoms. The molecule has 1 N–H and O–H groups in total. The maximum atomic E-state index is 13.3. The number of fused-ring (bicyclic) bond motifs is 1. The number of carbonyl (C=O) groups excluding carboxylic acids is 2. The summed E-state index contributed by atoms with van der Waals surface area (Å²) in [6.45, 7) is 1.77. The van der Waals surface area contributed by atoms with Gasteiger partial charge in [0.1, 0.15) is 11.3 Å². The molecule has 1 aromatic heterocycles. The van der Waals surface area contributed by atoms with Crippen molar-refractivity contribution in [3.8, 4) is 0 Å². The first-order valence-electron chi connectivity index (χ1n) is 7.46. The van der Waals surface area contributed by atoms with E-state index in [2.05, 4.69) is 5.32 Å². The van der Waals surface area contributed by atoms with Crippen LogP contribution in [-0.2, 0) is 4.74 Å². The van der Waals surface area contributed by atoms with Crippen LogP contribution in [0.25, 0.3) is 11.0 Å². The van der Waals surface area contributed by atoms with Crippen LogP contribution in [0.15, 0.2) is 46.9 Å². The molecule has 0 saturated heterocycles. The number of furan rings is 1. The Morgan fingerprint density at radius 3 is 2.60 bits per heavy atom. The van der Waals surface area contributed by atoms with Crippen LogP contribution in [0.4, 0.5) is 14.5 Å². The van der Waals surface area contributed by atoms with Crippen molar-refractivity contribution in [3.63, 3.8) is 0 Å².